The van der Waals surface area contributed by atoms with Gasteiger partial charge in [-0.2, -0.15) is 0 Å². The van der Waals surface area contributed by atoms with Gasteiger partial charge in [0.2, 0.25) is 5.91 Å². The Balaban J connectivity index is 2.14. The lowest BCUT2D eigenvalue weighted by Crippen LogP contribution is -2.16. The maximum Gasteiger partial charge on any atom is 0.222 e. The summed E-state index contributed by atoms with van der Waals surface area (Å²) in [5, 5.41) is 2.85. The molecule has 2 heterocycles. The quantitative estimate of drug-likeness (QED) is 0.880. The Bertz CT molecular complexity index is 653. The van der Waals surface area contributed by atoms with E-state index in [1.54, 1.807) is 0 Å². The molecular formula is C14H16ClN3O2. The van der Waals surface area contributed by atoms with Gasteiger partial charge in [-0.3, -0.25) is 4.79 Å². The first-order valence-corrected chi connectivity index (χ1v) is 7.23. The number of nitrogens with zero attached hydrogens (tertiary/aromatic N) is 2. The second-order valence-corrected chi connectivity index (χ2v) is 5.02. The molecule has 1 saturated heterocycles. The SMILES string of the molecule is CCOc1cccc2c1nc(CCl)n2C1CNC(=O)C1. The molecule has 1 unspecified atom stereocenters. The highest BCUT2D eigenvalue weighted by Crippen LogP contribution is 2.31. The van der Waals surface area contributed by atoms with E-state index >= 15 is 0 Å². The van der Waals surface area contributed by atoms with Crippen molar-refractivity contribution in [3.05, 3.63) is 24.0 Å². The Hall–Kier alpha value is -1.75. The second-order valence-electron chi connectivity index (χ2n) is 4.75. The third-order valence-electron chi connectivity index (χ3n) is 3.50. The van der Waals surface area contributed by atoms with Crippen LogP contribution in [-0.4, -0.2) is 28.6 Å². The largest absolute Gasteiger partial charge is 0.492 e. The normalized spacial score (nSPS) is 18.5. The molecule has 0 spiro atoms. The maximum atomic E-state index is 11.5. The van der Waals surface area contributed by atoms with Gasteiger partial charge in [0, 0.05) is 13.0 Å². The van der Waals surface area contributed by atoms with Gasteiger partial charge in [0.05, 0.1) is 24.0 Å². The summed E-state index contributed by atoms with van der Waals surface area (Å²) in [7, 11) is 0. The Morgan fingerprint density at radius 2 is 2.40 bits per heavy atom. The van der Waals surface area contributed by atoms with Crippen molar-refractivity contribution >= 4 is 28.5 Å². The average molecular weight is 294 g/mol. The summed E-state index contributed by atoms with van der Waals surface area (Å²) >= 11 is 6.02. The van der Waals surface area contributed by atoms with Crippen molar-refractivity contribution < 1.29 is 9.53 Å². The van der Waals surface area contributed by atoms with Crippen LogP contribution in [0.3, 0.4) is 0 Å². The molecule has 6 heteroatoms. The zero-order chi connectivity index (χ0) is 14.1. The van der Waals surface area contributed by atoms with E-state index in [9.17, 15) is 4.79 Å². The predicted molar refractivity (Wildman–Crippen MR) is 77.1 cm³/mol. The lowest BCUT2D eigenvalue weighted by molar-refractivity contribution is -0.119. The minimum absolute atomic E-state index is 0.0677. The number of aromatic nitrogens is 2. The molecule has 1 N–H and O–H groups in total. The number of amides is 1. The van der Waals surface area contributed by atoms with E-state index in [0.29, 0.717) is 25.5 Å². The number of hydrogen-bond acceptors (Lipinski definition) is 3. The average Bonchev–Trinajstić information content (AvgIpc) is 3.02. The third kappa shape index (κ3) is 2.12. The molecule has 1 aromatic heterocycles. The van der Waals surface area contributed by atoms with Crippen LogP contribution in [0.1, 0.15) is 25.2 Å². The molecule has 1 aliphatic heterocycles. The van der Waals surface area contributed by atoms with Crippen molar-refractivity contribution in [2.75, 3.05) is 13.2 Å². The van der Waals surface area contributed by atoms with Crippen molar-refractivity contribution in [2.45, 2.75) is 25.3 Å². The molecular weight excluding hydrogens is 278 g/mol. The molecule has 1 amide bonds. The van der Waals surface area contributed by atoms with Gasteiger partial charge >= 0.3 is 0 Å². The van der Waals surface area contributed by atoms with Gasteiger partial charge in [0.1, 0.15) is 17.1 Å². The molecule has 0 radical (unpaired) electrons. The molecule has 1 aliphatic rings. The van der Waals surface area contributed by atoms with Crippen LogP contribution in [-0.2, 0) is 10.7 Å². The summed E-state index contributed by atoms with van der Waals surface area (Å²) in [6.45, 7) is 3.15. The molecule has 106 valence electrons. The number of alkyl halides is 1. The fourth-order valence-corrected chi connectivity index (χ4v) is 2.87. The molecule has 20 heavy (non-hydrogen) atoms. The zero-order valence-electron chi connectivity index (χ0n) is 11.2. The van der Waals surface area contributed by atoms with Crippen LogP contribution in [0.15, 0.2) is 18.2 Å². The second kappa shape index (κ2) is 5.32. The van der Waals surface area contributed by atoms with Crippen LogP contribution in [0.25, 0.3) is 11.0 Å². The molecule has 1 aromatic carbocycles. The van der Waals surface area contributed by atoms with E-state index in [0.717, 1.165) is 22.6 Å². The van der Waals surface area contributed by atoms with Crippen LogP contribution in [0.4, 0.5) is 0 Å². The van der Waals surface area contributed by atoms with E-state index in [1.165, 1.54) is 0 Å². The first-order chi connectivity index (χ1) is 9.74. The highest BCUT2D eigenvalue weighted by atomic mass is 35.5. The number of para-hydroxylation sites is 1. The molecule has 2 aromatic rings. The van der Waals surface area contributed by atoms with Crippen LogP contribution in [0.5, 0.6) is 5.75 Å². The minimum atomic E-state index is 0.0677. The van der Waals surface area contributed by atoms with E-state index in [-0.39, 0.29) is 11.9 Å². The maximum absolute atomic E-state index is 11.5. The van der Waals surface area contributed by atoms with Gasteiger partial charge < -0.3 is 14.6 Å². The van der Waals surface area contributed by atoms with Gasteiger partial charge in [-0.05, 0) is 19.1 Å². The number of fused-ring (bicyclic) bond motifs is 1. The fourth-order valence-electron chi connectivity index (χ4n) is 2.69. The number of rotatable bonds is 4. The Morgan fingerprint density at radius 3 is 3.05 bits per heavy atom. The van der Waals surface area contributed by atoms with Crippen LogP contribution in [0, 0.1) is 0 Å². The van der Waals surface area contributed by atoms with Crippen molar-refractivity contribution in [1.82, 2.24) is 14.9 Å². The zero-order valence-corrected chi connectivity index (χ0v) is 12.0. The topological polar surface area (TPSA) is 56.1 Å². The van der Waals surface area contributed by atoms with Crippen LogP contribution < -0.4 is 10.1 Å². The molecule has 5 nitrogen and oxygen atoms in total. The molecule has 3 rings (SSSR count). The summed E-state index contributed by atoms with van der Waals surface area (Å²) in [6.07, 6.45) is 0.466. The number of nitrogens with one attached hydrogen (secondary N) is 1. The van der Waals surface area contributed by atoms with Gasteiger partial charge in [0.15, 0.2) is 0 Å². The molecule has 1 atom stereocenters. The number of benzene rings is 1. The van der Waals surface area contributed by atoms with Crippen molar-refractivity contribution in [1.29, 1.82) is 0 Å². The number of hydrogen-bond donors (Lipinski definition) is 1. The standard InChI is InChI=1S/C14H16ClN3O2/c1-2-20-11-5-3-4-10-14(11)17-12(7-15)18(10)9-6-13(19)16-8-9/h3-5,9H,2,6-8H2,1H3,(H,16,19). The predicted octanol–water partition coefficient (Wildman–Crippen LogP) is 2.23. The van der Waals surface area contributed by atoms with Crippen molar-refractivity contribution in [2.24, 2.45) is 0 Å². The third-order valence-corrected chi connectivity index (χ3v) is 3.74. The molecule has 0 bridgehead atoms. The van der Waals surface area contributed by atoms with Gasteiger partial charge in [0.25, 0.3) is 0 Å². The number of carbonyl (C=O) groups is 1. The Kier molecular flexibility index (Phi) is 3.53. The molecule has 0 saturated carbocycles. The number of imidazole rings is 1. The number of halogens is 1. The fraction of sp³-hybridized carbons (Fsp3) is 0.429. The first kappa shape index (κ1) is 13.2. The number of ether oxygens (including phenoxy) is 1. The summed E-state index contributed by atoms with van der Waals surface area (Å²) in [5.41, 5.74) is 1.78. The van der Waals surface area contributed by atoms with Gasteiger partial charge in [-0.15, -0.1) is 11.6 Å². The summed E-state index contributed by atoms with van der Waals surface area (Å²) in [6, 6.07) is 5.90. The highest BCUT2D eigenvalue weighted by molar-refractivity contribution is 6.17. The van der Waals surface area contributed by atoms with Crippen molar-refractivity contribution in [3.8, 4) is 5.75 Å². The lowest BCUT2D eigenvalue weighted by atomic mass is 10.2. The van der Waals surface area contributed by atoms with E-state index < -0.39 is 0 Å². The molecule has 0 aliphatic carbocycles. The van der Waals surface area contributed by atoms with Crippen molar-refractivity contribution in [3.63, 3.8) is 0 Å². The van der Waals surface area contributed by atoms with E-state index in [2.05, 4.69) is 14.9 Å². The summed E-state index contributed by atoms with van der Waals surface area (Å²) < 4.78 is 7.67. The Morgan fingerprint density at radius 1 is 1.55 bits per heavy atom. The summed E-state index contributed by atoms with van der Waals surface area (Å²) in [4.78, 5) is 16.0. The van der Waals surface area contributed by atoms with Crippen LogP contribution in [0.2, 0.25) is 0 Å². The van der Waals surface area contributed by atoms with Crippen LogP contribution >= 0.6 is 11.6 Å². The minimum Gasteiger partial charge on any atom is -0.492 e. The smallest absolute Gasteiger partial charge is 0.222 e. The monoisotopic (exact) mass is 293 g/mol. The summed E-state index contributed by atoms with van der Waals surface area (Å²) in [5.74, 6) is 1.91. The Labute approximate surface area is 121 Å². The van der Waals surface area contributed by atoms with E-state index in [4.69, 9.17) is 16.3 Å². The lowest BCUT2D eigenvalue weighted by Gasteiger charge is -2.14. The highest BCUT2D eigenvalue weighted by Gasteiger charge is 2.27. The van der Waals surface area contributed by atoms with Gasteiger partial charge in [-0.1, -0.05) is 6.07 Å². The van der Waals surface area contributed by atoms with E-state index in [1.807, 2.05) is 25.1 Å². The number of carbonyl (C=O) groups excluding carboxylic acids is 1. The van der Waals surface area contributed by atoms with Gasteiger partial charge in [-0.25, -0.2) is 4.98 Å². The molecule has 1 fully saturated rings. The first-order valence-electron chi connectivity index (χ1n) is 6.70.